The third-order valence-corrected chi connectivity index (χ3v) is 2.84. The van der Waals surface area contributed by atoms with E-state index in [1.165, 1.54) is 0 Å². The molecular formula is C10H8N8O6. The highest BCUT2D eigenvalue weighted by atomic mass is 16.2. The van der Waals surface area contributed by atoms with E-state index in [4.69, 9.17) is 0 Å². The third kappa shape index (κ3) is 2.65. The Balaban J connectivity index is 0.000000141. The Morgan fingerprint density at radius 3 is 1.00 bits per heavy atom. The number of hydrogen-bond acceptors (Lipinski definition) is 6. The Hall–Kier alpha value is -4.10. The van der Waals surface area contributed by atoms with Gasteiger partial charge >= 0.3 is 22.8 Å². The van der Waals surface area contributed by atoms with E-state index >= 15 is 0 Å². The van der Waals surface area contributed by atoms with Gasteiger partial charge < -0.3 is 0 Å². The number of hydrogen-bond donors (Lipinski definition) is 8. The molecule has 0 unspecified atom stereocenters. The fraction of sp³-hybridized carbons (Fsp3) is 0. The number of aromatic amines is 8. The fourth-order valence-corrected chi connectivity index (χ4v) is 1.92. The molecule has 0 aliphatic heterocycles. The minimum absolute atomic E-state index is 0.0413. The van der Waals surface area contributed by atoms with Crippen molar-refractivity contribution in [3.05, 3.63) is 62.6 Å². The standard InChI is InChI=1S/2C5H4N4O3/c2*10-3-1-2(7-4(11)6-1)8-5(12)9-3/h2*(H4,6,7,8,9,10,11,12). The van der Waals surface area contributed by atoms with Gasteiger partial charge in [0.05, 0.1) is 0 Å². The lowest BCUT2D eigenvalue weighted by Gasteiger charge is -1.83. The first-order chi connectivity index (χ1) is 11.3. The van der Waals surface area contributed by atoms with Crippen LogP contribution in [0, 0.1) is 0 Å². The van der Waals surface area contributed by atoms with Gasteiger partial charge in [-0.05, 0) is 0 Å². The summed E-state index contributed by atoms with van der Waals surface area (Å²) in [6, 6.07) is 0. The molecule has 4 aromatic heterocycles. The van der Waals surface area contributed by atoms with Crippen molar-refractivity contribution in [2.45, 2.75) is 0 Å². The van der Waals surface area contributed by atoms with Crippen LogP contribution < -0.4 is 33.9 Å². The molecule has 4 rings (SSSR count). The van der Waals surface area contributed by atoms with Gasteiger partial charge in [0.15, 0.2) is 0 Å². The molecule has 4 heterocycles. The summed E-state index contributed by atoms with van der Waals surface area (Å²) in [7, 11) is 0. The van der Waals surface area contributed by atoms with E-state index in [1.54, 1.807) is 0 Å². The average molecular weight is 336 g/mol. The molecule has 0 atom stereocenters. The Labute approximate surface area is 126 Å². The van der Waals surface area contributed by atoms with Crippen LogP contribution in [-0.2, 0) is 0 Å². The second-order valence-corrected chi connectivity index (χ2v) is 4.47. The van der Waals surface area contributed by atoms with Crippen LogP contribution in [-0.4, -0.2) is 39.9 Å². The highest BCUT2D eigenvalue weighted by Crippen LogP contribution is 1.89. The van der Waals surface area contributed by atoms with E-state index in [-0.39, 0.29) is 22.3 Å². The fourth-order valence-electron chi connectivity index (χ4n) is 1.92. The summed E-state index contributed by atoms with van der Waals surface area (Å²) < 4.78 is 0. The molecule has 0 spiro atoms. The van der Waals surface area contributed by atoms with E-state index in [9.17, 15) is 28.8 Å². The summed E-state index contributed by atoms with van der Waals surface area (Å²) in [5.41, 5.74) is -3.30. The summed E-state index contributed by atoms with van der Waals surface area (Å²) in [5, 5.41) is 0. The van der Waals surface area contributed by atoms with Gasteiger partial charge in [-0.1, -0.05) is 0 Å². The van der Waals surface area contributed by atoms with Gasteiger partial charge in [0.25, 0.3) is 11.1 Å². The molecule has 14 heteroatoms. The van der Waals surface area contributed by atoms with Crippen molar-refractivity contribution in [1.82, 2.24) is 39.9 Å². The smallest absolute Gasteiger partial charge is 0.300 e. The van der Waals surface area contributed by atoms with Crippen LogP contribution in [0.1, 0.15) is 0 Å². The molecule has 0 aromatic carbocycles. The third-order valence-electron chi connectivity index (χ3n) is 2.84. The zero-order valence-electron chi connectivity index (χ0n) is 11.4. The second-order valence-electron chi connectivity index (χ2n) is 4.47. The topological polar surface area (TPSA) is 229 Å². The number of imidazole rings is 2. The van der Waals surface area contributed by atoms with Crippen molar-refractivity contribution >= 4 is 22.3 Å². The summed E-state index contributed by atoms with van der Waals surface area (Å²) in [6.07, 6.45) is 0. The quantitative estimate of drug-likeness (QED) is 0.162. The molecule has 0 saturated heterocycles. The van der Waals surface area contributed by atoms with Crippen LogP contribution in [0.2, 0.25) is 0 Å². The Bertz CT molecular complexity index is 1270. The van der Waals surface area contributed by atoms with Crippen LogP contribution in [0.5, 0.6) is 0 Å². The molecular weight excluding hydrogens is 328 g/mol. The molecule has 8 N–H and O–H groups in total. The summed E-state index contributed by atoms with van der Waals surface area (Å²) >= 11 is 0. The van der Waals surface area contributed by atoms with Crippen LogP contribution in [0.15, 0.2) is 28.8 Å². The molecule has 0 aliphatic rings. The first-order valence-corrected chi connectivity index (χ1v) is 6.22. The monoisotopic (exact) mass is 336 g/mol. The van der Waals surface area contributed by atoms with E-state index < -0.39 is 33.9 Å². The van der Waals surface area contributed by atoms with Gasteiger partial charge in [-0.2, -0.15) is 0 Å². The van der Waals surface area contributed by atoms with Crippen molar-refractivity contribution in [1.29, 1.82) is 0 Å². The Kier molecular flexibility index (Phi) is 3.25. The minimum Gasteiger partial charge on any atom is -0.300 e. The summed E-state index contributed by atoms with van der Waals surface area (Å²) in [5.74, 6) is 0. The first kappa shape index (κ1) is 14.8. The van der Waals surface area contributed by atoms with Crippen molar-refractivity contribution in [2.75, 3.05) is 0 Å². The van der Waals surface area contributed by atoms with Gasteiger partial charge in [0, 0.05) is 0 Å². The lowest BCUT2D eigenvalue weighted by molar-refractivity contribution is 1.07. The predicted octanol–water partition coefficient (Wildman–Crippen LogP) is -3.53. The number of aromatic nitrogens is 8. The van der Waals surface area contributed by atoms with Gasteiger partial charge in [-0.15, -0.1) is 0 Å². The van der Waals surface area contributed by atoms with E-state index in [1.807, 2.05) is 9.97 Å². The van der Waals surface area contributed by atoms with Crippen molar-refractivity contribution < 1.29 is 0 Å². The van der Waals surface area contributed by atoms with Crippen LogP contribution in [0.4, 0.5) is 0 Å². The summed E-state index contributed by atoms with van der Waals surface area (Å²) in [6.45, 7) is 0. The molecule has 0 radical (unpaired) electrons. The van der Waals surface area contributed by atoms with E-state index in [0.29, 0.717) is 0 Å². The average Bonchev–Trinajstić information content (AvgIpc) is 3.01. The molecule has 4 aromatic rings. The van der Waals surface area contributed by atoms with Gasteiger partial charge in [0.1, 0.15) is 22.3 Å². The lowest BCUT2D eigenvalue weighted by atomic mass is 10.5. The largest absolute Gasteiger partial charge is 0.327 e. The van der Waals surface area contributed by atoms with Crippen LogP contribution in [0.3, 0.4) is 0 Å². The number of H-pyrrole nitrogens is 8. The maximum Gasteiger partial charge on any atom is 0.327 e. The van der Waals surface area contributed by atoms with Gasteiger partial charge in [-0.25, -0.2) is 19.2 Å². The minimum atomic E-state index is -0.650. The molecule has 14 nitrogen and oxygen atoms in total. The Morgan fingerprint density at radius 2 is 0.667 bits per heavy atom. The molecule has 0 bridgehead atoms. The second kappa shape index (κ2) is 5.27. The Morgan fingerprint density at radius 1 is 0.375 bits per heavy atom. The SMILES string of the molecule is O=c1[nH]c(=O)c2[nH]c(=O)[nH]c2[nH]1.O=c1[nH]c(=O)c2[nH]c(=O)[nH]c2[nH]1. The normalized spacial score (nSPS) is 10.7. The molecule has 124 valence electrons. The maximum absolute atomic E-state index is 10.9. The number of fused-ring (bicyclic) bond motifs is 2. The van der Waals surface area contributed by atoms with Crippen molar-refractivity contribution in [3.63, 3.8) is 0 Å². The molecule has 0 fully saturated rings. The highest BCUT2D eigenvalue weighted by molar-refractivity contribution is 5.67. The predicted molar refractivity (Wildman–Crippen MR) is 80.3 cm³/mol. The van der Waals surface area contributed by atoms with Gasteiger partial charge in [-0.3, -0.25) is 49.5 Å². The number of rotatable bonds is 0. The zero-order chi connectivity index (χ0) is 17.4. The van der Waals surface area contributed by atoms with Crippen LogP contribution in [0.25, 0.3) is 22.3 Å². The van der Waals surface area contributed by atoms with Crippen molar-refractivity contribution in [2.24, 2.45) is 0 Å². The van der Waals surface area contributed by atoms with E-state index in [2.05, 4.69) is 29.9 Å². The highest BCUT2D eigenvalue weighted by Gasteiger charge is 2.03. The lowest BCUT2D eigenvalue weighted by Crippen LogP contribution is -2.21. The van der Waals surface area contributed by atoms with Crippen molar-refractivity contribution in [3.8, 4) is 0 Å². The first-order valence-electron chi connectivity index (χ1n) is 6.22. The summed E-state index contributed by atoms with van der Waals surface area (Å²) in [4.78, 5) is 82.0. The van der Waals surface area contributed by atoms with Gasteiger partial charge in [0.2, 0.25) is 0 Å². The maximum atomic E-state index is 10.9. The van der Waals surface area contributed by atoms with E-state index in [0.717, 1.165) is 0 Å². The zero-order valence-corrected chi connectivity index (χ0v) is 11.4. The molecule has 0 aliphatic carbocycles. The molecule has 24 heavy (non-hydrogen) atoms. The molecule has 0 amide bonds. The van der Waals surface area contributed by atoms with Crippen LogP contribution >= 0.6 is 0 Å². The number of nitrogens with one attached hydrogen (secondary N) is 8. The molecule has 0 saturated carbocycles.